The van der Waals surface area contributed by atoms with Crippen LogP contribution in [0.15, 0.2) is 60.8 Å². The van der Waals surface area contributed by atoms with Gasteiger partial charge in [0.1, 0.15) is 11.9 Å². The minimum absolute atomic E-state index is 0.301. The zero-order valence-corrected chi connectivity index (χ0v) is 11.7. The predicted molar refractivity (Wildman–Crippen MR) is 79.0 cm³/mol. The van der Waals surface area contributed by atoms with Crippen LogP contribution in [-0.2, 0) is 0 Å². The zero-order valence-electron chi connectivity index (χ0n) is 10.9. The Morgan fingerprint density at radius 2 is 1.86 bits per heavy atom. The SMILES string of the molecule is OC(c1ccn(-c2ccccc2)n1)c1cc(F)ccc1Cl. The van der Waals surface area contributed by atoms with Gasteiger partial charge in [-0.1, -0.05) is 29.8 Å². The molecule has 0 aliphatic heterocycles. The van der Waals surface area contributed by atoms with Crippen LogP contribution in [0.4, 0.5) is 4.39 Å². The number of rotatable bonds is 3. The summed E-state index contributed by atoms with van der Waals surface area (Å²) in [4.78, 5) is 0. The summed E-state index contributed by atoms with van der Waals surface area (Å²) in [7, 11) is 0. The number of halogens is 2. The Kier molecular flexibility index (Phi) is 3.73. The van der Waals surface area contributed by atoms with Crippen molar-refractivity contribution in [3.05, 3.63) is 82.9 Å². The Labute approximate surface area is 126 Å². The number of aromatic nitrogens is 2. The molecule has 3 aromatic rings. The first-order valence-corrected chi connectivity index (χ1v) is 6.77. The van der Waals surface area contributed by atoms with E-state index < -0.39 is 11.9 Å². The summed E-state index contributed by atoms with van der Waals surface area (Å²) in [6.07, 6.45) is 0.666. The van der Waals surface area contributed by atoms with Gasteiger partial charge in [-0.2, -0.15) is 5.10 Å². The minimum atomic E-state index is -1.07. The van der Waals surface area contributed by atoms with E-state index in [1.54, 1.807) is 16.9 Å². The van der Waals surface area contributed by atoms with Gasteiger partial charge in [-0.3, -0.25) is 0 Å². The lowest BCUT2D eigenvalue weighted by Gasteiger charge is -2.10. The molecule has 2 aromatic carbocycles. The molecule has 1 atom stereocenters. The molecule has 21 heavy (non-hydrogen) atoms. The van der Waals surface area contributed by atoms with Gasteiger partial charge >= 0.3 is 0 Å². The number of aliphatic hydroxyl groups excluding tert-OH is 1. The Morgan fingerprint density at radius 3 is 2.62 bits per heavy atom. The van der Waals surface area contributed by atoms with E-state index in [2.05, 4.69) is 5.10 Å². The van der Waals surface area contributed by atoms with Crippen molar-refractivity contribution < 1.29 is 9.50 Å². The Balaban J connectivity index is 1.94. The molecular weight excluding hydrogens is 291 g/mol. The molecule has 106 valence electrons. The van der Waals surface area contributed by atoms with E-state index >= 15 is 0 Å². The second kappa shape index (κ2) is 5.68. The Hall–Kier alpha value is -2.17. The fourth-order valence-corrected chi connectivity index (χ4v) is 2.31. The molecule has 1 heterocycles. The molecule has 1 N–H and O–H groups in total. The molecule has 0 bridgehead atoms. The first-order valence-electron chi connectivity index (χ1n) is 6.39. The molecule has 0 radical (unpaired) electrons. The molecule has 0 aliphatic rings. The van der Waals surface area contributed by atoms with Crippen molar-refractivity contribution in [3.63, 3.8) is 0 Å². The van der Waals surface area contributed by atoms with Crippen LogP contribution in [-0.4, -0.2) is 14.9 Å². The smallest absolute Gasteiger partial charge is 0.124 e. The van der Waals surface area contributed by atoms with Gasteiger partial charge in [-0.15, -0.1) is 0 Å². The van der Waals surface area contributed by atoms with Gasteiger partial charge in [0.25, 0.3) is 0 Å². The van der Waals surface area contributed by atoms with Crippen LogP contribution >= 0.6 is 11.6 Å². The van der Waals surface area contributed by atoms with Crippen LogP contribution in [0.2, 0.25) is 5.02 Å². The zero-order chi connectivity index (χ0) is 14.8. The Bertz CT molecular complexity index is 758. The third-order valence-corrected chi connectivity index (χ3v) is 3.51. The first kappa shape index (κ1) is 13.8. The molecule has 0 spiro atoms. The number of nitrogens with zero attached hydrogens (tertiary/aromatic N) is 2. The highest BCUT2D eigenvalue weighted by Gasteiger charge is 2.17. The highest BCUT2D eigenvalue weighted by Crippen LogP contribution is 2.28. The van der Waals surface area contributed by atoms with Crippen molar-refractivity contribution in [1.29, 1.82) is 0 Å². The van der Waals surface area contributed by atoms with E-state index in [1.807, 2.05) is 30.3 Å². The van der Waals surface area contributed by atoms with Gasteiger partial charge in [-0.25, -0.2) is 9.07 Å². The third kappa shape index (κ3) is 2.82. The van der Waals surface area contributed by atoms with Gasteiger partial charge in [0.15, 0.2) is 0 Å². The summed E-state index contributed by atoms with van der Waals surface area (Å²) < 4.78 is 14.9. The van der Waals surface area contributed by atoms with Crippen molar-refractivity contribution in [2.75, 3.05) is 0 Å². The van der Waals surface area contributed by atoms with Crippen LogP contribution in [0, 0.1) is 5.82 Å². The molecule has 5 heteroatoms. The summed E-state index contributed by atoms with van der Waals surface area (Å²) in [5, 5.41) is 14.9. The number of para-hydroxylation sites is 1. The number of benzene rings is 2. The Morgan fingerprint density at radius 1 is 1.10 bits per heavy atom. The van der Waals surface area contributed by atoms with Gasteiger partial charge < -0.3 is 5.11 Å². The van der Waals surface area contributed by atoms with Crippen molar-refractivity contribution in [3.8, 4) is 5.69 Å². The average Bonchev–Trinajstić information content (AvgIpc) is 3.00. The summed E-state index contributed by atoms with van der Waals surface area (Å²) in [5.41, 5.74) is 1.59. The molecule has 3 rings (SSSR count). The number of aliphatic hydroxyl groups is 1. The lowest BCUT2D eigenvalue weighted by Crippen LogP contribution is -2.04. The summed E-state index contributed by atoms with van der Waals surface area (Å²) in [6, 6.07) is 15.1. The first-order chi connectivity index (χ1) is 10.1. The van der Waals surface area contributed by atoms with Crippen LogP contribution in [0.3, 0.4) is 0 Å². The highest BCUT2D eigenvalue weighted by molar-refractivity contribution is 6.31. The monoisotopic (exact) mass is 302 g/mol. The quantitative estimate of drug-likeness (QED) is 0.800. The highest BCUT2D eigenvalue weighted by atomic mass is 35.5. The van der Waals surface area contributed by atoms with Crippen LogP contribution < -0.4 is 0 Å². The molecule has 3 nitrogen and oxygen atoms in total. The third-order valence-electron chi connectivity index (χ3n) is 3.16. The fraction of sp³-hybridized carbons (Fsp3) is 0.0625. The number of hydrogen-bond acceptors (Lipinski definition) is 2. The van der Waals surface area contributed by atoms with E-state index in [4.69, 9.17) is 11.6 Å². The lowest BCUT2D eigenvalue weighted by molar-refractivity contribution is 0.214. The van der Waals surface area contributed by atoms with E-state index in [1.165, 1.54) is 18.2 Å². The molecule has 1 aromatic heterocycles. The molecule has 0 saturated carbocycles. The molecule has 0 amide bonds. The average molecular weight is 303 g/mol. The normalized spacial score (nSPS) is 12.3. The summed E-state index contributed by atoms with van der Waals surface area (Å²) >= 11 is 6.00. The summed E-state index contributed by atoms with van der Waals surface area (Å²) in [5.74, 6) is -0.448. The molecule has 1 unspecified atom stereocenters. The van der Waals surface area contributed by atoms with Gasteiger partial charge in [0, 0.05) is 16.8 Å². The number of hydrogen-bond donors (Lipinski definition) is 1. The lowest BCUT2D eigenvalue weighted by atomic mass is 10.1. The fourth-order valence-electron chi connectivity index (χ4n) is 2.09. The van der Waals surface area contributed by atoms with E-state index in [9.17, 15) is 9.50 Å². The molecular formula is C16H12ClFN2O. The van der Waals surface area contributed by atoms with Gasteiger partial charge in [0.2, 0.25) is 0 Å². The maximum atomic E-state index is 13.3. The standard InChI is InChI=1S/C16H12ClFN2O/c17-14-7-6-11(18)10-13(14)16(21)15-8-9-20(19-15)12-4-2-1-3-5-12/h1-10,16,21H. The van der Waals surface area contributed by atoms with E-state index in [0.717, 1.165) is 5.69 Å². The van der Waals surface area contributed by atoms with Crippen molar-refractivity contribution in [1.82, 2.24) is 9.78 Å². The van der Waals surface area contributed by atoms with Crippen molar-refractivity contribution in [2.24, 2.45) is 0 Å². The molecule has 0 aliphatic carbocycles. The molecule has 0 saturated heterocycles. The maximum Gasteiger partial charge on any atom is 0.124 e. The van der Waals surface area contributed by atoms with Crippen molar-refractivity contribution in [2.45, 2.75) is 6.10 Å². The van der Waals surface area contributed by atoms with Gasteiger partial charge in [0.05, 0.1) is 11.4 Å². The van der Waals surface area contributed by atoms with Crippen LogP contribution in [0.25, 0.3) is 5.69 Å². The largest absolute Gasteiger partial charge is 0.382 e. The van der Waals surface area contributed by atoms with Crippen LogP contribution in [0.1, 0.15) is 17.4 Å². The summed E-state index contributed by atoms with van der Waals surface area (Å²) in [6.45, 7) is 0. The van der Waals surface area contributed by atoms with E-state index in [0.29, 0.717) is 16.3 Å². The maximum absolute atomic E-state index is 13.3. The second-order valence-electron chi connectivity index (χ2n) is 4.59. The van der Waals surface area contributed by atoms with Crippen molar-refractivity contribution >= 4 is 11.6 Å². The predicted octanol–water partition coefficient (Wildman–Crippen LogP) is 3.75. The second-order valence-corrected chi connectivity index (χ2v) is 5.00. The van der Waals surface area contributed by atoms with E-state index in [-0.39, 0.29) is 0 Å². The topological polar surface area (TPSA) is 38.0 Å². The molecule has 0 fully saturated rings. The minimum Gasteiger partial charge on any atom is -0.382 e. The van der Waals surface area contributed by atoms with Crippen LogP contribution in [0.5, 0.6) is 0 Å². The van der Waals surface area contributed by atoms with Gasteiger partial charge in [-0.05, 0) is 36.4 Å².